The minimum atomic E-state index is -0.0468. The van der Waals surface area contributed by atoms with Gasteiger partial charge in [0.25, 0.3) is 0 Å². The average Bonchev–Trinajstić information content (AvgIpc) is 3.13. The highest BCUT2D eigenvalue weighted by molar-refractivity contribution is 9.10. The van der Waals surface area contributed by atoms with Crippen LogP contribution in [0.2, 0.25) is 0 Å². The van der Waals surface area contributed by atoms with Gasteiger partial charge in [-0.05, 0) is 44.5 Å². The number of hydrogen-bond donors (Lipinski definition) is 1. The first kappa shape index (κ1) is 16.5. The third kappa shape index (κ3) is 3.30. The van der Waals surface area contributed by atoms with Gasteiger partial charge >= 0.3 is 0 Å². The van der Waals surface area contributed by atoms with E-state index >= 15 is 0 Å². The zero-order valence-corrected chi connectivity index (χ0v) is 14.5. The van der Waals surface area contributed by atoms with Crippen molar-refractivity contribution in [1.29, 1.82) is 0 Å². The largest absolute Gasteiger partial charge is 0.338 e. The number of rotatable bonds is 5. The summed E-state index contributed by atoms with van der Waals surface area (Å²) in [7, 11) is 1.94. The standard InChI is InChI=1S/C15H18BrN3O.ClH/c1-10(17-2)9-13-18-14(20-19-13)15(7-8-15)11-3-5-12(16)6-4-11;/h3-6,10,17H,7-9H2,1-2H3;1H. The summed E-state index contributed by atoms with van der Waals surface area (Å²) in [6.45, 7) is 2.11. The number of nitrogens with one attached hydrogen (secondary N) is 1. The van der Waals surface area contributed by atoms with Crippen molar-refractivity contribution in [2.45, 2.75) is 37.6 Å². The maximum absolute atomic E-state index is 5.52. The van der Waals surface area contributed by atoms with Crippen LogP contribution < -0.4 is 5.32 Å². The first-order chi connectivity index (χ1) is 9.64. The summed E-state index contributed by atoms with van der Waals surface area (Å²) < 4.78 is 6.61. The van der Waals surface area contributed by atoms with Crippen molar-refractivity contribution >= 4 is 28.3 Å². The highest BCUT2D eigenvalue weighted by Gasteiger charge is 2.50. The van der Waals surface area contributed by atoms with E-state index < -0.39 is 0 Å². The molecule has 6 heteroatoms. The predicted octanol–water partition coefficient (Wildman–Crippen LogP) is 3.48. The predicted molar refractivity (Wildman–Crippen MR) is 87.9 cm³/mol. The molecule has 0 amide bonds. The zero-order valence-electron chi connectivity index (χ0n) is 12.1. The Hall–Kier alpha value is -0.910. The van der Waals surface area contributed by atoms with Crippen LogP contribution >= 0.6 is 28.3 Å². The SMILES string of the molecule is CNC(C)Cc1noc(C2(c3ccc(Br)cc3)CC2)n1.Cl. The van der Waals surface area contributed by atoms with E-state index in [4.69, 9.17) is 4.52 Å². The molecule has 1 fully saturated rings. The molecule has 114 valence electrons. The van der Waals surface area contributed by atoms with Crippen LogP contribution in [-0.4, -0.2) is 23.2 Å². The highest BCUT2D eigenvalue weighted by Crippen LogP contribution is 2.52. The van der Waals surface area contributed by atoms with Crippen LogP contribution in [0.3, 0.4) is 0 Å². The molecule has 1 aliphatic carbocycles. The molecule has 4 nitrogen and oxygen atoms in total. The molecule has 1 unspecified atom stereocenters. The summed E-state index contributed by atoms with van der Waals surface area (Å²) in [4.78, 5) is 4.60. The molecule has 2 aromatic rings. The normalized spacial score (nSPS) is 17.1. The molecule has 1 aromatic carbocycles. The summed E-state index contributed by atoms with van der Waals surface area (Å²) in [5.74, 6) is 1.54. The van der Waals surface area contributed by atoms with Gasteiger partial charge in [0.2, 0.25) is 5.89 Å². The van der Waals surface area contributed by atoms with Gasteiger partial charge in [-0.1, -0.05) is 33.2 Å². The summed E-state index contributed by atoms with van der Waals surface area (Å²) >= 11 is 3.47. The molecule has 21 heavy (non-hydrogen) atoms. The molecule has 1 N–H and O–H groups in total. The van der Waals surface area contributed by atoms with Crippen molar-refractivity contribution in [3.05, 3.63) is 46.0 Å². The van der Waals surface area contributed by atoms with Crippen molar-refractivity contribution in [3.8, 4) is 0 Å². The van der Waals surface area contributed by atoms with E-state index in [0.717, 1.165) is 35.5 Å². The molecule has 0 radical (unpaired) electrons. The Morgan fingerprint density at radius 1 is 1.33 bits per heavy atom. The number of benzene rings is 1. The van der Waals surface area contributed by atoms with Crippen molar-refractivity contribution in [1.82, 2.24) is 15.5 Å². The van der Waals surface area contributed by atoms with Crippen LogP contribution in [-0.2, 0) is 11.8 Å². The highest BCUT2D eigenvalue weighted by atomic mass is 79.9. The second kappa shape index (κ2) is 6.46. The van der Waals surface area contributed by atoms with E-state index in [2.05, 4.69) is 62.6 Å². The van der Waals surface area contributed by atoms with Gasteiger partial charge in [-0.3, -0.25) is 0 Å². The first-order valence-corrected chi connectivity index (χ1v) is 7.70. The van der Waals surface area contributed by atoms with E-state index in [1.54, 1.807) is 0 Å². The van der Waals surface area contributed by atoms with Crippen molar-refractivity contribution in [2.75, 3.05) is 7.05 Å². The van der Waals surface area contributed by atoms with E-state index in [9.17, 15) is 0 Å². The lowest BCUT2D eigenvalue weighted by Gasteiger charge is -2.10. The quantitative estimate of drug-likeness (QED) is 0.873. The average molecular weight is 373 g/mol. The Morgan fingerprint density at radius 2 is 2.00 bits per heavy atom. The number of likely N-dealkylation sites (N-methyl/N-ethyl adjacent to an activating group) is 1. The number of hydrogen-bond acceptors (Lipinski definition) is 4. The summed E-state index contributed by atoms with van der Waals surface area (Å²) in [6, 6.07) is 8.75. The number of aromatic nitrogens is 2. The van der Waals surface area contributed by atoms with Crippen LogP contribution in [0.1, 0.15) is 37.0 Å². The lowest BCUT2D eigenvalue weighted by atomic mass is 9.96. The molecule has 0 spiro atoms. The van der Waals surface area contributed by atoms with E-state index in [1.807, 2.05) is 7.05 Å². The molecule has 1 atom stereocenters. The van der Waals surface area contributed by atoms with Gasteiger partial charge in [0.15, 0.2) is 5.82 Å². The van der Waals surface area contributed by atoms with Gasteiger partial charge < -0.3 is 9.84 Å². The van der Waals surface area contributed by atoms with Gasteiger partial charge in [-0.15, -0.1) is 12.4 Å². The second-order valence-electron chi connectivity index (χ2n) is 5.50. The molecule has 1 saturated carbocycles. The molecule has 0 bridgehead atoms. The van der Waals surface area contributed by atoms with E-state index in [1.165, 1.54) is 5.56 Å². The van der Waals surface area contributed by atoms with Crippen molar-refractivity contribution in [2.24, 2.45) is 0 Å². The fourth-order valence-corrected chi connectivity index (χ4v) is 2.69. The topological polar surface area (TPSA) is 51.0 Å². The van der Waals surface area contributed by atoms with Crippen LogP contribution in [0.4, 0.5) is 0 Å². The minimum absolute atomic E-state index is 0. The maximum atomic E-state index is 5.52. The number of nitrogens with zero attached hydrogens (tertiary/aromatic N) is 2. The molecule has 0 aliphatic heterocycles. The van der Waals surface area contributed by atoms with Crippen LogP contribution in [0, 0.1) is 0 Å². The van der Waals surface area contributed by atoms with Gasteiger partial charge in [-0.2, -0.15) is 4.98 Å². The number of halogens is 2. The van der Waals surface area contributed by atoms with Crippen LogP contribution in [0.15, 0.2) is 33.3 Å². The van der Waals surface area contributed by atoms with E-state index in [-0.39, 0.29) is 17.8 Å². The van der Waals surface area contributed by atoms with Gasteiger partial charge in [0, 0.05) is 16.9 Å². The molecule has 1 aliphatic rings. The fourth-order valence-electron chi connectivity index (χ4n) is 2.43. The van der Waals surface area contributed by atoms with Gasteiger partial charge in [-0.25, -0.2) is 0 Å². The van der Waals surface area contributed by atoms with Gasteiger partial charge in [0.1, 0.15) is 0 Å². The Bertz CT molecular complexity index is 595. The Labute approximate surface area is 139 Å². The molecule has 0 saturated heterocycles. The van der Waals surface area contributed by atoms with Gasteiger partial charge in [0.05, 0.1) is 5.41 Å². The van der Waals surface area contributed by atoms with Crippen molar-refractivity contribution in [3.63, 3.8) is 0 Å². The summed E-state index contributed by atoms with van der Waals surface area (Å²) in [5.41, 5.74) is 1.21. The zero-order chi connectivity index (χ0) is 14.2. The minimum Gasteiger partial charge on any atom is -0.338 e. The lowest BCUT2D eigenvalue weighted by Crippen LogP contribution is -2.24. The maximum Gasteiger partial charge on any atom is 0.237 e. The summed E-state index contributed by atoms with van der Waals surface area (Å²) in [5, 5.41) is 7.31. The first-order valence-electron chi connectivity index (χ1n) is 6.90. The molecule has 3 rings (SSSR count). The van der Waals surface area contributed by atoms with Crippen molar-refractivity contribution < 1.29 is 4.52 Å². The monoisotopic (exact) mass is 371 g/mol. The van der Waals surface area contributed by atoms with Crippen LogP contribution in [0.5, 0.6) is 0 Å². The molecule has 1 heterocycles. The Kier molecular flexibility index (Phi) is 5.07. The van der Waals surface area contributed by atoms with E-state index in [0.29, 0.717) is 6.04 Å². The third-order valence-electron chi connectivity index (χ3n) is 4.01. The second-order valence-corrected chi connectivity index (χ2v) is 6.41. The lowest BCUT2D eigenvalue weighted by molar-refractivity contribution is 0.354. The van der Waals surface area contributed by atoms with Crippen LogP contribution in [0.25, 0.3) is 0 Å². The smallest absolute Gasteiger partial charge is 0.237 e. The summed E-state index contributed by atoms with van der Waals surface area (Å²) in [6.07, 6.45) is 2.95. The Morgan fingerprint density at radius 3 is 2.57 bits per heavy atom. The molecular formula is C15H19BrClN3O. The molecular weight excluding hydrogens is 354 g/mol. The fraction of sp³-hybridized carbons (Fsp3) is 0.467. The molecule has 1 aromatic heterocycles. The Balaban J connectivity index is 0.00000161. The third-order valence-corrected chi connectivity index (χ3v) is 4.53.